The van der Waals surface area contributed by atoms with E-state index in [0.717, 1.165) is 17.7 Å². The van der Waals surface area contributed by atoms with Crippen molar-refractivity contribution in [3.05, 3.63) is 35.4 Å². The lowest BCUT2D eigenvalue weighted by atomic mass is 10.0. The summed E-state index contributed by atoms with van der Waals surface area (Å²) in [5.74, 6) is 0. The van der Waals surface area contributed by atoms with Gasteiger partial charge < -0.3 is 4.84 Å². The summed E-state index contributed by atoms with van der Waals surface area (Å²) >= 11 is 0. The van der Waals surface area contributed by atoms with Crippen LogP contribution in [0.15, 0.2) is 29.4 Å². The topological polar surface area (TPSA) is 45.4 Å². The Balaban J connectivity index is 2.15. The standard InChI is InChI=1S/C12H12N2O/c1-2-9-3-5-10(6-4-9)12-7-11(8-13)15-14-12/h3-6,11H,2,7H2,1H3/t11-/m0/s1. The predicted molar refractivity (Wildman–Crippen MR) is 57.5 cm³/mol. The second kappa shape index (κ2) is 4.14. The van der Waals surface area contributed by atoms with Crippen LogP contribution in [0.3, 0.4) is 0 Å². The molecule has 0 radical (unpaired) electrons. The molecule has 0 unspecified atom stereocenters. The average molecular weight is 200 g/mol. The number of benzene rings is 1. The smallest absolute Gasteiger partial charge is 0.218 e. The molecular formula is C12H12N2O. The summed E-state index contributed by atoms with van der Waals surface area (Å²) in [4.78, 5) is 4.95. The molecule has 0 bridgehead atoms. The molecule has 1 aromatic rings. The van der Waals surface area contributed by atoms with Crippen molar-refractivity contribution in [2.45, 2.75) is 25.9 Å². The number of nitrogens with zero attached hydrogens (tertiary/aromatic N) is 2. The third-order valence-corrected chi connectivity index (χ3v) is 2.51. The van der Waals surface area contributed by atoms with E-state index in [4.69, 9.17) is 10.1 Å². The Bertz CT molecular complexity index is 414. The first-order valence-electron chi connectivity index (χ1n) is 5.05. The summed E-state index contributed by atoms with van der Waals surface area (Å²) < 4.78 is 0. The molecule has 0 aromatic heterocycles. The number of oxime groups is 1. The van der Waals surface area contributed by atoms with Gasteiger partial charge >= 0.3 is 0 Å². The summed E-state index contributed by atoms with van der Waals surface area (Å²) in [5, 5.41) is 12.6. The maximum Gasteiger partial charge on any atom is 0.218 e. The lowest BCUT2D eigenvalue weighted by Crippen LogP contribution is -2.05. The molecular weight excluding hydrogens is 188 g/mol. The molecule has 2 rings (SSSR count). The van der Waals surface area contributed by atoms with E-state index in [1.165, 1.54) is 5.56 Å². The van der Waals surface area contributed by atoms with Gasteiger partial charge in [0.25, 0.3) is 0 Å². The van der Waals surface area contributed by atoms with Gasteiger partial charge in [-0.15, -0.1) is 0 Å². The van der Waals surface area contributed by atoms with Crippen molar-refractivity contribution in [2.24, 2.45) is 5.16 Å². The zero-order valence-electron chi connectivity index (χ0n) is 8.60. The van der Waals surface area contributed by atoms with Gasteiger partial charge in [0.15, 0.2) is 0 Å². The monoisotopic (exact) mass is 200 g/mol. The van der Waals surface area contributed by atoms with E-state index in [9.17, 15) is 0 Å². The van der Waals surface area contributed by atoms with E-state index in [0.29, 0.717) is 6.42 Å². The molecule has 15 heavy (non-hydrogen) atoms. The van der Waals surface area contributed by atoms with E-state index in [1.807, 2.05) is 18.2 Å². The van der Waals surface area contributed by atoms with E-state index in [2.05, 4.69) is 24.2 Å². The van der Waals surface area contributed by atoms with Gasteiger partial charge in [0.2, 0.25) is 6.10 Å². The minimum atomic E-state index is -0.411. The van der Waals surface area contributed by atoms with Gasteiger partial charge in [0, 0.05) is 6.42 Å². The fourth-order valence-corrected chi connectivity index (χ4v) is 1.55. The molecule has 0 saturated heterocycles. The van der Waals surface area contributed by atoms with Crippen molar-refractivity contribution in [2.75, 3.05) is 0 Å². The van der Waals surface area contributed by atoms with Gasteiger partial charge in [0.05, 0.1) is 5.71 Å². The number of aryl methyl sites for hydroxylation is 1. The van der Waals surface area contributed by atoms with Crippen LogP contribution in [0.4, 0.5) is 0 Å². The highest BCUT2D eigenvalue weighted by atomic mass is 16.6. The van der Waals surface area contributed by atoms with E-state index >= 15 is 0 Å². The molecule has 0 spiro atoms. The third kappa shape index (κ3) is 1.99. The van der Waals surface area contributed by atoms with Crippen LogP contribution in [-0.2, 0) is 11.3 Å². The van der Waals surface area contributed by atoms with E-state index in [-0.39, 0.29) is 0 Å². The molecule has 1 aromatic carbocycles. The third-order valence-electron chi connectivity index (χ3n) is 2.51. The largest absolute Gasteiger partial charge is 0.376 e. The molecule has 76 valence electrons. The SMILES string of the molecule is CCc1ccc(C2=NO[C@H](C#N)C2)cc1. The van der Waals surface area contributed by atoms with Crippen molar-refractivity contribution in [1.82, 2.24) is 0 Å². The van der Waals surface area contributed by atoms with Gasteiger partial charge in [-0.25, -0.2) is 0 Å². The Hall–Kier alpha value is -1.82. The highest BCUT2D eigenvalue weighted by molar-refractivity contribution is 6.01. The highest BCUT2D eigenvalue weighted by Crippen LogP contribution is 2.16. The van der Waals surface area contributed by atoms with Gasteiger partial charge in [0.1, 0.15) is 6.07 Å². The molecule has 0 amide bonds. The van der Waals surface area contributed by atoms with Gasteiger partial charge in [-0.1, -0.05) is 36.3 Å². The summed E-state index contributed by atoms with van der Waals surface area (Å²) in [6, 6.07) is 10.3. The first kappa shape index (κ1) is 9.72. The summed E-state index contributed by atoms with van der Waals surface area (Å²) in [6.07, 6.45) is 1.21. The fraction of sp³-hybridized carbons (Fsp3) is 0.333. The molecule has 1 aliphatic rings. The number of rotatable bonds is 2. The normalized spacial score (nSPS) is 19.2. The Kier molecular flexibility index (Phi) is 2.68. The van der Waals surface area contributed by atoms with Gasteiger partial charge in [-0.3, -0.25) is 0 Å². The zero-order chi connectivity index (χ0) is 10.7. The number of hydrogen-bond acceptors (Lipinski definition) is 3. The average Bonchev–Trinajstić information content (AvgIpc) is 2.78. The van der Waals surface area contributed by atoms with Crippen molar-refractivity contribution in [3.63, 3.8) is 0 Å². The minimum absolute atomic E-state index is 0.411. The lowest BCUT2D eigenvalue weighted by Gasteiger charge is -2.00. The second-order valence-corrected chi connectivity index (χ2v) is 3.52. The first-order valence-corrected chi connectivity index (χ1v) is 5.05. The van der Waals surface area contributed by atoms with Crippen LogP contribution < -0.4 is 0 Å². The maximum absolute atomic E-state index is 8.66. The van der Waals surface area contributed by atoms with Crippen molar-refractivity contribution in [3.8, 4) is 6.07 Å². The summed E-state index contributed by atoms with van der Waals surface area (Å²) in [7, 11) is 0. The van der Waals surface area contributed by atoms with Crippen LogP contribution in [-0.4, -0.2) is 11.8 Å². The quantitative estimate of drug-likeness (QED) is 0.735. The first-order chi connectivity index (χ1) is 7.33. The molecule has 1 atom stereocenters. The Morgan fingerprint density at radius 1 is 1.47 bits per heavy atom. The van der Waals surface area contributed by atoms with Gasteiger partial charge in [-0.2, -0.15) is 5.26 Å². The second-order valence-electron chi connectivity index (χ2n) is 3.52. The van der Waals surface area contributed by atoms with Gasteiger partial charge in [-0.05, 0) is 17.5 Å². The summed E-state index contributed by atoms with van der Waals surface area (Å²) in [5.41, 5.74) is 3.21. The van der Waals surface area contributed by atoms with Crippen LogP contribution in [0.2, 0.25) is 0 Å². The molecule has 0 fully saturated rings. The van der Waals surface area contributed by atoms with Crippen LogP contribution >= 0.6 is 0 Å². The van der Waals surface area contributed by atoms with Crippen LogP contribution in [0, 0.1) is 11.3 Å². The Labute approximate surface area is 89.0 Å². The van der Waals surface area contributed by atoms with Crippen LogP contribution in [0.5, 0.6) is 0 Å². The Morgan fingerprint density at radius 2 is 2.20 bits per heavy atom. The molecule has 1 aliphatic heterocycles. The predicted octanol–water partition coefficient (Wildman–Crippen LogP) is 2.27. The van der Waals surface area contributed by atoms with E-state index in [1.54, 1.807) is 0 Å². The maximum atomic E-state index is 8.66. The molecule has 1 heterocycles. The van der Waals surface area contributed by atoms with Crippen LogP contribution in [0.1, 0.15) is 24.5 Å². The fourth-order valence-electron chi connectivity index (χ4n) is 1.55. The van der Waals surface area contributed by atoms with Crippen LogP contribution in [0.25, 0.3) is 0 Å². The summed E-state index contributed by atoms with van der Waals surface area (Å²) in [6.45, 7) is 2.12. The van der Waals surface area contributed by atoms with E-state index < -0.39 is 6.10 Å². The number of nitriles is 1. The molecule has 3 heteroatoms. The number of hydrogen-bond donors (Lipinski definition) is 0. The lowest BCUT2D eigenvalue weighted by molar-refractivity contribution is 0.125. The zero-order valence-corrected chi connectivity index (χ0v) is 8.60. The molecule has 0 saturated carbocycles. The Morgan fingerprint density at radius 3 is 2.73 bits per heavy atom. The highest BCUT2D eigenvalue weighted by Gasteiger charge is 2.21. The molecule has 0 aliphatic carbocycles. The molecule has 0 N–H and O–H groups in total. The molecule has 3 nitrogen and oxygen atoms in total. The minimum Gasteiger partial charge on any atom is -0.376 e. The van der Waals surface area contributed by atoms with Crippen molar-refractivity contribution in [1.29, 1.82) is 5.26 Å². The van der Waals surface area contributed by atoms with Crippen molar-refractivity contribution < 1.29 is 4.84 Å². The van der Waals surface area contributed by atoms with Crippen molar-refractivity contribution >= 4 is 5.71 Å².